The van der Waals surface area contributed by atoms with Crippen LogP contribution in [0.5, 0.6) is 0 Å². The minimum atomic E-state index is -0.717. The number of hydrogen-bond donors (Lipinski definition) is 1. The number of aryl methyl sites for hydroxylation is 1. The number of nitrogens with zero attached hydrogens (tertiary/aromatic N) is 4. The first-order valence-electron chi connectivity index (χ1n) is 7.48. The summed E-state index contributed by atoms with van der Waals surface area (Å²) in [6, 6.07) is 5.12. The third kappa shape index (κ3) is 3.15. The molecule has 0 aliphatic rings. The van der Waals surface area contributed by atoms with E-state index in [-0.39, 0.29) is 16.8 Å². The number of aromatic amines is 1. The summed E-state index contributed by atoms with van der Waals surface area (Å²) in [6.07, 6.45) is 0. The van der Waals surface area contributed by atoms with Crippen molar-refractivity contribution in [2.75, 3.05) is 0 Å². The van der Waals surface area contributed by atoms with Gasteiger partial charge in [-0.2, -0.15) is 5.10 Å². The fraction of sp³-hybridized carbons (Fsp3) is 0.294. The Morgan fingerprint density at radius 1 is 0.958 bits per heavy atom. The first kappa shape index (κ1) is 16.2. The molecule has 0 saturated carbocycles. The summed E-state index contributed by atoms with van der Waals surface area (Å²) in [5, 5.41) is 6.98. The summed E-state index contributed by atoms with van der Waals surface area (Å²) in [5.41, 5.74) is 1.16. The summed E-state index contributed by atoms with van der Waals surface area (Å²) < 4.78 is 27.3. The van der Waals surface area contributed by atoms with Gasteiger partial charge in [-0.15, -0.1) is 0 Å². The fourth-order valence-corrected chi connectivity index (χ4v) is 2.15. The van der Waals surface area contributed by atoms with E-state index in [1.807, 2.05) is 27.7 Å². The van der Waals surface area contributed by atoms with Crippen molar-refractivity contribution in [3.05, 3.63) is 47.4 Å². The Kier molecular flexibility index (Phi) is 3.87. The largest absolute Gasteiger partial charge is 0.282 e. The number of benzene rings is 1. The zero-order valence-corrected chi connectivity index (χ0v) is 13.9. The van der Waals surface area contributed by atoms with Gasteiger partial charge in [0.05, 0.1) is 5.56 Å². The van der Waals surface area contributed by atoms with E-state index in [2.05, 4.69) is 25.1 Å². The van der Waals surface area contributed by atoms with Gasteiger partial charge in [-0.25, -0.2) is 23.7 Å². The lowest BCUT2D eigenvalue weighted by Gasteiger charge is -2.17. The number of halogens is 2. The zero-order valence-electron chi connectivity index (χ0n) is 13.9. The van der Waals surface area contributed by atoms with Crippen molar-refractivity contribution in [3.63, 3.8) is 0 Å². The summed E-state index contributed by atoms with van der Waals surface area (Å²) in [6.45, 7) is 7.72. The number of nitrogens with one attached hydrogen (secondary N) is 1. The average Bonchev–Trinajstić information content (AvgIpc) is 2.92. The fourth-order valence-electron chi connectivity index (χ4n) is 2.15. The molecule has 0 aliphatic heterocycles. The molecule has 0 aliphatic carbocycles. The molecule has 2 heterocycles. The second-order valence-corrected chi connectivity index (χ2v) is 6.62. The molecular formula is C17H17F2N5. The molecule has 2 aromatic heterocycles. The number of aromatic nitrogens is 5. The van der Waals surface area contributed by atoms with Crippen LogP contribution >= 0.6 is 0 Å². The first-order chi connectivity index (χ1) is 11.2. The van der Waals surface area contributed by atoms with Gasteiger partial charge in [-0.1, -0.05) is 20.8 Å². The first-order valence-corrected chi connectivity index (χ1v) is 7.48. The van der Waals surface area contributed by atoms with Gasteiger partial charge in [0, 0.05) is 17.2 Å². The molecule has 3 aromatic rings. The maximum atomic E-state index is 14.1. The second-order valence-electron chi connectivity index (χ2n) is 6.62. The Morgan fingerprint density at radius 2 is 1.67 bits per heavy atom. The van der Waals surface area contributed by atoms with Crippen LogP contribution in [0.15, 0.2) is 24.3 Å². The van der Waals surface area contributed by atoms with Crippen molar-refractivity contribution >= 4 is 0 Å². The Balaban J connectivity index is 2.22. The zero-order chi connectivity index (χ0) is 17.5. The third-order valence-corrected chi connectivity index (χ3v) is 3.41. The van der Waals surface area contributed by atoms with Crippen molar-refractivity contribution in [2.45, 2.75) is 33.1 Å². The van der Waals surface area contributed by atoms with Crippen molar-refractivity contribution in [1.29, 1.82) is 0 Å². The molecular weight excluding hydrogens is 312 g/mol. The molecule has 24 heavy (non-hydrogen) atoms. The molecule has 124 valence electrons. The van der Waals surface area contributed by atoms with Crippen molar-refractivity contribution in [1.82, 2.24) is 25.1 Å². The van der Waals surface area contributed by atoms with Gasteiger partial charge >= 0.3 is 0 Å². The topological polar surface area (TPSA) is 67.3 Å². The van der Waals surface area contributed by atoms with Gasteiger partial charge < -0.3 is 0 Å². The Hall–Kier alpha value is -2.70. The van der Waals surface area contributed by atoms with Gasteiger partial charge in [0.25, 0.3) is 0 Å². The highest BCUT2D eigenvalue weighted by molar-refractivity contribution is 5.59. The highest BCUT2D eigenvalue weighted by Gasteiger charge is 2.22. The lowest BCUT2D eigenvalue weighted by molar-refractivity contribution is 0.542. The Morgan fingerprint density at radius 3 is 2.25 bits per heavy atom. The summed E-state index contributed by atoms with van der Waals surface area (Å²) in [4.78, 5) is 13.2. The highest BCUT2D eigenvalue weighted by Crippen LogP contribution is 2.26. The summed E-state index contributed by atoms with van der Waals surface area (Å²) in [7, 11) is 0. The molecule has 5 nitrogen and oxygen atoms in total. The molecule has 0 unspecified atom stereocenters. The normalized spacial score (nSPS) is 11.8. The molecule has 0 spiro atoms. The van der Waals surface area contributed by atoms with E-state index in [4.69, 9.17) is 0 Å². The molecule has 1 aromatic carbocycles. The summed E-state index contributed by atoms with van der Waals surface area (Å²) in [5.74, 6) is -0.359. The predicted molar refractivity (Wildman–Crippen MR) is 86.2 cm³/mol. The predicted octanol–water partition coefficient (Wildman–Crippen LogP) is 3.81. The Bertz CT molecular complexity index is 896. The van der Waals surface area contributed by atoms with E-state index in [0.717, 1.165) is 11.8 Å². The second kappa shape index (κ2) is 5.74. The quantitative estimate of drug-likeness (QED) is 0.776. The number of hydrogen-bond acceptors (Lipinski definition) is 4. The molecule has 0 bridgehead atoms. The SMILES string of the molecule is Cc1cc(-c2nc(-c3ccc(F)cc3F)nc(C(C)(C)C)n2)n[nH]1. The minimum Gasteiger partial charge on any atom is -0.282 e. The molecule has 0 atom stereocenters. The average molecular weight is 329 g/mol. The van der Waals surface area contributed by atoms with Crippen LogP contribution in [0.4, 0.5) is 8.78 Å². The Labute approximate surface area is 138 Å². The van der Waals surface area contributed by atoms with E-state index < -0.39 is 11.6 Å². The van der Waals surface area contributed by atoms with Crippen LogP contribution in [0.3, 0.4) is 0 Å². The third-order valence-electron chi connectivity index (χ3n) is 3.41. The number of rotatable bonds is 2. The van der Waals surface area contributed by atoms with Crippen molar-refractivity contribution in [2.24, 2.45) is 0 Å². The molecule has 3 rings (SSSR count). The maximum absolute atomic E-state index is 14.1. The lowest BCUT2D eigenvalue weighted by Crippen LogP contribution is -2.18. The molecule has 1 N–H and O–H groups in total. The van der Waals surface area contributed by atoms with E-state index >= 15 is 0 Å². The van der Waals surface area contributed by atoms with Crippen LogP contribution in [-0.4, -0.2) is 25.1 Å². The van der Waals surface area contributed by atoms with E-state index in [1.165, 1.54) is 12.1 Å². The van der Waals surface area contributed by atoms with Gasteiger partial charge in [0.15, 0.2) is 11.6 Å². The molecule has 7 heteroatoms. The minimum absolute atomic E-state index is 0.123. The highest BCUT2D eigenvalue weighted by atomic mass is 19.1. The van der Waals surface area contributed by atoms with Crippen molar-refractivity contribution in [3.8, 4) is 22.9 Å². The van der Waals surface area contributed by atoms with Crippen LogP contribution in [0.25, 0.3) is 22.9 Å². The molecule has 0 radical (unpaired) electrons. The van der Waals surface area contributed by atoms with Crippen LogP contribution < -0.4 is 0 Å². The van der Waals surface area contributed by atoms with Crippen LogP contribution in [-0.2, 0) is 5.41 Å². The van der Waals surface area contributed by atoms with Gasteiger partial charge in [0.2, 0.25) is 0 Å². The van der Waals surface area contributed by atoms with Crippen LogP contribution in [0, 0.1) is 18.6 Å². The van der Waals surface area contributed by atoms with E-state index in [1.54, 1.807) is 6.07 Å². The van der Waals surface area contributed by atoms with Gasteiger partial charge in [0.1, 0.15) is 23.2 Å². The smallest absolute Gasteiger partial charge is 0.183 e. The van der Waals surface area contributed by atoms with Crippen LogP contribution in [0.1, 0.15) is 32.3 Å². The van der Waals surface area contributed by atoms with E-state index in [9.17, 15) is 8.78 Å². The molecule has 0 amide bonds. The monoisotopic (exact) mass is 329 g/mol. The standard InChI is InChI=1S/C17H17F2N5/c1-9-7-13(24-23-9)15-20-14(21-16(22-15)17(2,3)4)11-6-5-10(18)8-12(11)19/h5-8H,1-4H3,(H,23,24). The van der Waals surface area contributed by atoms with Gasteiger partial charge in [-0.3, -0.25) is 5.10 Å². The van der Waals surface area contributed by atoms with E-state index in [0.29, 0.717) is 17.3 Å². The van der Waals surface area contributed by atoms with Crippen molar-refractivity contribution < 1.29 is 8.78 Å². The summed E-state index contributed by atoms with van der Waals surface area (Å²) >= 11 is 0. The molecule has 0 fully saturated rings. The maximum Gasteiger partial charge on any atom is 0.183 e. The molecule has 0 saturated heterocycles. The van der Waals surface area contributed by atoms with Gasteiger partial charge in [-0.05, 0) is 25.1 Å². The lowest BCUT2D eigenvalue weighted by atomic mass is 9.95. The number of H-pyrrole nitrogens is 1. The van der Waals surface area contributed by atoms with Crippen LogP contribution in [0.2, 0.25) is 0 Å².